The highest BCUT2D eigenvalue weighted by Gasteiger charge is 2.29. The molecule has 5 nitrogen and oxygen atoms in total. The second kappa shape index (κ2) is 5.93. The maximum atomic E-state index is 11.5. The number of nitrogens with zero attached hydrogens (tertiary/aromatic N) is 2. The third-order valence-corrected chi connectivity index (χ3v) is 4.76. The molecule has 0 unspecified atom stereocenters. The number of hydrogen-bond acceptors (Lipinski definition) is 4. The van der Waals surface area contributed by atoms with Crippen molar-refractivity contribution >= 4 is 23.3 Å². The predicted octanol–water partition coefficient (Wildman–Crippen LogP) is 1.83. The lowest BCUT2D eigenvalue weighted by atomic mass is 10.1. The van der Waals surface area contributed by atoms with Crippen LogP contribution in [0.2, 0.25) is 0 Å². The Labute approximate surface area is 122 Å². The quantitative estimate of drug-likeness (QED) is 0.843. The van der Waals surface area contributed by atoms with E-state index in [9.17, 15) is 9.59 Å². The lowest BCUT2D eigenvalue weighted by molar-refractivity contribution is -0.125. The first kappa shape index (κ1) is 13.6. The van der Waals surface area contributed by atoms with Crippen molar-refractivity contribution in [3.8, 4) is 0 Å². The molecule has 1 aromatic rings. The Hall–Kier alpha value is -1.40. The molecule has 0 aliphatic carbocycles. The largest absolute Gasteiger partial charge is 0.329 e. The van der Waals surface area contributed by atoms with E-state index in [1.165, 1.54) is 23.3 Å². The Balaban J connectivity index is 1.51. The second-order valence-corrected chi connectivity index (χ2v) is 6.09. The van der Waals surface area contributed by atoms with Gasteiger partial charge < -0.3 is 5.32 Å². The van der Waals surface area contributed by atoms with Crippen LogP contribution in [0.3, 0.4) is 0 Å². The molecule has 0 saturated carbocycles. The number of hydrogen-bond donors (Lipinski definition) is 1. The zero-order valence-corrected chi connectivity index (χ0v) is 12.2. The van der Waals surface area contributed by atoms with Crippen molar-refractivity contribution in [1.29, 1.82) is 0 Å². The van der Waals surface area contributed by atoms with Crippen molar-refractivity contribution in [2.45, 2.75) is 25.3 Å². The summed E-state index contributed by atoms with van der Waals surface area (Å²) in [5.41, 5.74) is 1.41. The van der Waals surface area contributed by atoms with Crippen LogP contribution in [0.5, 0.6) is 0 Å². The van der Waals surface area contributed by atoms with E-state index >= 15 is 0 Å². The fraction of sp³-hybridized carbons (Fsp3) is 0.571. The van der Waals surface area contributed by atoms with Gasteiger partial charge in [0.05, 0.1) is 6.54 Å². The molecular weight excluding hydrogens is 274 g/mol. The summed E-state index contributed by atoms with van der Waals surface area (Å²) in [6.45, 7) is 2.73. The van der Waals surface area contributed by atoms with E-state index in [1.54, 1.807) is 11.3 Å². The summed E-state index contributed by atoms with van der Waals surface area (Å²) < 4.78 is 0. The summed E-state index contributed by atoms with van der Waals surface area (Å²) in [5, 5.41) is 6.90. The molecule has 1 atom stereocenters. The van der Waals surface area contributed by atoms with Crippen molar-refractivity contribution in [2.24, 2.45) is 0 Å². The van der Waals surface area contributed by atoms with Gasteiger partial charge in [0.2, 0.25) is 5.91 Å². The molecule has 6 heteroatoms. The van der Waals surface area contributed by atoms with Crippen LogP contribution in [-0.4, -0.2) is 47.9 Å². The monoisotopic (exact) mass is 293 g/mol. The molecule has 0 bridgehead atoms. The number of carbonyl (C=O) groups is 2. The molecule has 108 valence electrons. The number of likely N-dealkylation sites (tertiary alicyclic amines) is 1. The molecule has 3 amide bonds. The SMILES string of the molecule is O=C1CNC(=O)N1CCCN1CCC[C@@H]1c1ccsc1. The Kier molecular flexibility index (Phi) is 4.03. The zero-order chi connectivity index (χ0) is 13.9. The van der Waals surface area contributed by atoms with Crippen LogP contribution in [0, 0.1) is 0 Å². The Morgan fingerprint density at radius 3 is 2.95 bits per heavy atom. The molecule has 2 aliphatic rings. The van der Waals surface area contributed by atoms with Crippen LogP contribution in [0.4, 0.5) is 4.79 Å². The van der Waals surface area contributed by atoms with Gasteiger partial charge in [-0.3, -0.25) is 14.6 Å². The maximum absolute atomic E-state index is 11.5. The summed E-state index contributed by atoms with van der Waals surface area (Å²) in [6.07, 6.45) is 3.28. The first-order chi connectivity index (χ1) is 9.75. The van der Waals surface area contributed by atoms with Gasteiger partial charge in [0.25, 0.3) is 0 Å². The molecule has 0 spiro atoms. The van der Waals surface area contributed by atoms with Gasteiger partial charge in [0.15, 0.2) is 0 Å². The van der Waals surface area contributed by atoms with E-state index < -0.39 is 0 Å². The fourth-order valence-corrected chi connectivity index (χ4v) is 3.76. The molecule has 3 heterocycles. The van der Waals surface area contributed by atoms with E-state index in [4.69, 9.17) is 0 Å². The molecular formula is C14H19N3O2S. The number of urea groups is 1. The first-order valence-electron chi connectivity index (χ1n) is 7.10. The minimum absolute atomic E-state index is 0.106. The Morgan fingerprint density at radius 2 is 2.25 bits per heavy atom. The summed E-state index contributed by atoms with van der Waals surface area (Å²) in [4.78, 5) is 26.7. The second-order valence-electron chi connectivity index (χ2n) is 5.31. The highest BCUT2D eigenvalue weighted by atomic mass is 32.1. The van der Waals surface area contributed by atoms with Gasteiger partial charge in [0.1, 0.15) is 0 Å². The lowest BCUT2D eigenvalue weighted by Crippen LogP contribution is -2.34. The molecule has 1 N–H and O–H groups in total. The maximum Gasteiger partial charge on any atom is 0.324 e. The van der Waals surface area contributed by atoms with Gasteiger partial charge in [-0.1, -0.05) is 0 Å². The van der Waals surface area contributed by atoms with Gasteiger partial charge in [-0.15, -0.1) is 0 Å². The fourth-order valence-electron chi connectivity index (χ4n) is 3.05. The minimum atomic E-state index is -0.245. The zero-order valence-electron chi connectivity index (χ0n) is 11.4. The summed E-state index contributed by atoms with van der Waals surface area (Å²) >= 11 is 1.74. The number of imide groups is 1. The molecule has 0 aromatic carbocycles. The smallest absolute Gasteiger partial charge is 0.324 e. The topological polar surface area (TPSA) is 52.7 Å². The van der Waals surface area contributed by atoms with Crippen molar-refractivity contribution < 1.29 is 9.59 Å². The van der Waals surface area contributed by atoms with Crippen molar-refractivity contribution in [2.75, 3.05) is 26.2 Å². The third kappa shape index (κ3) is 2.71. The van der Waals surface area contributed by atoms with E-state index in [2.05, 4.69) is 27.0 Å². The van der Waals surface area contributed by atoms with Gasteiger partial charge in [-0.05, 0) is 48.2 Å². The average molecular weight is 293 g/mol. The van der Waals surface area contributed by atoms with Crippen molar-refractivity contribution in [3.05, 3.63) is 22.4 Å². The number of nitrogens with one attached hydrogen (secondary N) is 1. The summed E-state index contributed by atoms with van der Waals surface area (Å²) in [5.74, 6) is -0.106. The van der Waals surface area contributed by atoms with E-state index in [1.807, 2.05) is 0 Å². The molecule has 0 radical (unpaired) electrons. The van der Waals surface area contributed by atoms with Crippen LogP contribution in [0.25, 0.3) is 0 Å². The van der Waals surface area contributed by atoms with Crippen molar-refractivity contribution in [1.82, 2.24) is 15.1 Å². The average Bonchev–Trinajstić information content (AvgIpc) is 3.14. The number of carbonyl (C=O) groups excluding carboxylic acids is 2. The molecule has 1 aromatic heterocycles. The summed E-state index contributed by atoms with van der Waals surface area (Å²) in [7, 11) is 0. The highest BCUT2D eigenvalue weighted by molar-refractivity contribution is 7.07. The number of amides is 3. The van der Waals surface area contributed by atoms with Gasteiger partial charge in [-0.25, -0.2) is 4.79 Å². The van der Waals surface area contributed by atoms with Crippen LogP contribution >= 0.6 is 11.3 Å². The molecule has 3 rings (SSSR count). The number of thiophene rings is 1. The third-order valence-electron chi connectivity index (χ3n) is 4.06. The van der Waals surface area contributed by atoms with Crippen molar-refractivity contribution in [3.63, 3.8) is 0 Å². The van der Waals surface area contributed by atoms with Crippen LogP contribution in [0.1, 0.15) is 30.9 Å². The molecule has 2 saturated heterocycles. The van der Waals surface area contributed by atoms with Gasteiger partial charge in [0, 0.05) is 19.1 Å². The first-order valence-corrected chi connectivity index (χ1v) is 8.04. The molecule has 2 aliphatic heterocycles. The van der Waals surface area contributed by atoms with E-state index in [0.717, 1.165) is 19.5 Å². The van der Waals surface area contributed by atoms with Crippen LogP contribution in [-0.2, 0) is 4.79 Å². The summed E-state index contributed by atoms with van der Waals surface area (Å²) in [6, 6.07) is 2.47. The Bertz CT molecular complexity index is 473. The minimum Gasteiger partial charge on any atom is -0.329 e. The standard InChI is InChI=1S/C14H19N3O2S/c18-13-9-15-14(19)17(13)7-2-6-16-5-1-3-12(16)11-4-8-20-10-11/h4,8,10,12H,1-3,5-7,9H2,(H,15,19)/t12-/m1/s1. The highest BCUT2D eigenvalue weighted by Crippen LogP contribution is 2.32. The van der Waals surface area contributed by atoms with E-state index in [-0.39, 0.29) is 18.5 Å². The lowest BCUT2D eigenvalue weighted by Gasteiger charge is -2.24. The van der Waals surface area contributed by atoms with Gasteiger partial charge in [-0.2, -0.15) is 11.3 Å². The van der Waals surface area contributed by atoms with Crippen LogP contribution < -0.4 is 5.32 Å². The predicted molar refractivity (Wildman–Crippen MR) is 77.6 cm³/mol. The molecule has 20 heavy (non-hydrogen) atoms. The molecule has 2 fully saturated rings. The van der Waals surface area contributed by atoms with Gasteiger partial charge >= 0.3 is 6.03 Å². The normalized spacial score (nSPS) is 23.6. The van der Waals surface area contributed by atoms with Crippen LogP contribution in [0.15, 0.2) is 16.8 Å². The Morgan fingerprint density at radius 1 is 1.35 bits per heavy atom. The van der Waals surface area contributed by atoms with E-state index in [0.29, 0.717) is 12.6 Å². The number of rotatable bonds is 5.